The number of rotatable bonds is 10. The first-order valence-electron chi connectivity index (χ1n) is 10.4. The molecule has 5 nitrogen and oxygen atoms in total. The molecule has 0 spiro atoms. The highest BCUT2D eigenvalue weighted by Gasteiger charge is 2.29. The van der Waals surface area contributed by atoms with Crippen LogP contribution >= 0.6 is 11.8 Å². The summed E-state index contributed by atoms with van der Waals surface area (Å²) in [4.78, 5) is 16.7. The Morgan fingerprint density at radius 1 is 1.13 bits per heavy atom. The van der Waals surface area contributed by atoms with E-state index in [1.54, 1.807) is 11.8 Å². The second kappa shape index (κ2) is 10.5. The molecule has 0 saturated heterocycles. The van der Waals surface area contributed by atoms with E-state index < -0.39 is 4.75 Å². The standard InChI is InChI=1S/C25H29NO4S/c1-5-28-24(27)25(3,4)31-17-19-10-9-13-21(16-19)29-15-14-22-18(2)30-23(26-22)20-11-7-6-8-12-20/h6-13,16H,5,14-15,17H2,1-4H3. The number of ether oxygens (including phenoxy) is 2. The van der Waals surface area contributed by atoms with Crippen molar-refractivity contribution in [3.63, 3.8) is 0 Å². The quantitative estimate of drug-likeness (QED) is 0.370. The Morgan fingerprint density at radius 2 is 1.90 bits per heavy atom. The van der Waals surface area contributed by atoms with Crippen molar-refractivity contribution in [3.05, 3.63) is 71.6 Å². The topological polar surface area (TPSA) is 61.6 Å². The summed E-state index contributed by atoms with van der Waals surface area (Å²) in [5, 5.41) is 0. The van der Waals surface area contributed by atoms with Crippen molar-refractivity contribution >= 4 is 17.7 Å². The maximum atomic E-state index is 12.1. The number of thioether (sulfide) groups is 1. The van der Waals surface area contributed by atoms with Crippen molar-refractivity contribution in [3.8, 4) is 17.2 Å². The van der Waals surface area contributed by atoms with Gasteiger partial charge in [0, 0.05) is 17.7 Å². The molecule has 0 aliphatic heterocycles. The third-order valence-electron chi connectivity index (χ3n) is 4.79. The van der Waals surface area contributed by atoms with Crippen LogP contribution in [-0.2, 0) is 21.7 Å². The average molecular weight is 440 g/mol. The van der Waals surface area contributed by atoms with E-state index in [9.17, 15) is 4.79 Å². The van der Waals surface area contributed by atoms with Crippen molar-refractivity contribution in [1.82, 2.24) is 4.98 Å². The zero-order chi connectivity index (χ0) is 22.3. The highest BCUT2D eigenvalue weighted by molar-refractivity contribution is 8.00. The molecule has 0 amide bonds. The number of benzene rings is 2. The first kappa shape index (κ1) is 22.9. The van der Waals surface area contributed by atoms with Gasteiger partial charge in [0.15, 0.2) is 0 Å². The second-order valence-corrected chi connectivity index (χ2v) is 9.25. The second-order valence-electron chi connectivity index (χ2n) is 7.65. The highest BCUT2D eigenvalue weighted by Crippen LogP contribution is 2.30. The maximum Gasteiger partial charge on any atom is 0.321 e. The van der Waals surface area contributed by atoms with Gasteiger partial charge in [-0.3, -0.25) is 4.79 Å². The van der Waals surface area contributed by atoms with Crippen LogP contribution in [0.15, 0.2) is 59.0 Å². The van der Waals surface area contributed by atoms with E-state index in [0.717, 1.165) is 28.3 Å². The van der Waals surface area contributed by atoms with E-state index in [4.69, 9.17) is 13.9 Å². The third kappa shape index (κ3) is 6.37. The van der Waals surface area contributed by atoms with Gasteiger partial charge in [-0.05, 0) is 57.5 Å². The van der Waals surface area contributed by atoms with Crippen molar-refractivity contribution in [2.75, 3.05) is 13.2 Å². The Labute approximate surface area is 188 Å². The van der Waals surface area contributed by atoms with E-state index in [0.29, 0.717) is 31.3 Å². The monoisotopic (exact) mass is 439 g/mol. The summed E-state index contributed by atoms with van der Waals surface area (Å²) in [5.74, 6) is 2.76. The van der Waals surface area contributed by atoms with Gasteiger partial charge in [-0.2, -0.15) is 0 Å². The molecule has 0 aliphatic carbocycles. The molecule has 0 saturated carbocycles. The van der Waals surface area contributed by atoms with Gasteiger partial charge in [0.05, 0.1) is 18.9 Å². The molecule has 0 atom stereocenters. The van der Waals surface area contributed by atoms with Crippen LogP contribution in [0.3, 0.4) is 0 Å². The summed E-state index contributed by atoms with van der Waals surface area (Å²) in [5.41, 5.74) is 2.97. The molecule has 2 aromatic carbocycles. The lowest BCUT2D eigenvalue weighted by molar-refractivity contribution is -0.145. The minimum atomic E-state index is -0.589. The van der Waals surface area contributed by atoms with Gasteiger partial charge in [-0.15, -0.1) is 11.8 Å². The van der Waals surface area contributed by atoms with Gasteiger partial charge >= 0.3 is 5.97 Å². The predicted molar refractivity (Wildman–Crippen MR) is 124 cm³/mol. The van der Waals surface area contributed by atoms with Crippen LogP contribution in [0.1, 0.15) is 37.8 Å². The molecule has 1 aromatic heterocycles. The van der Waals surface area contributed by atoms with Gasteiger partial charge in [0.1, 0.15) is 16.3 Å². The average Bonchev–Trinajstić information content (AvgIpc) is 3.14. The fourth-order valence-electron chi connectivity index (χ4n) is 2.98. The van der Waals surface area contributed by atoms with Crippen LogP contribution in [0.2, 0.25) is 0 Å². The molecule has 164 valence electrons. The molecule has 6 heteroatoms. The largest absolute Gasteiger partial charge is 0.493 e. The molecule has 0 unspecified atom stereocenters. The van der Waals surface area contributed by atoms with Gasteiger partial charge in [-0.25, -0.2) is 4.98 Å². The fraction of sp³-hybridized carbons (Fsp3) is 0.360. The van der Waals surface area contributed by atoms with Crippen LogP contribution in [0.4, 0.5) is 0 Å². The molecule has 0 radical (unpaired) electrons. The minimum absolute atomic E-state index is 0.190. The van der Waals surface area contributed by atoms with Gasteiger partial charge in [0.25, 0.3) is 0 Å². The number of hydrogen-bond donors (Lipinski definition) is 0. The zero-order valence-electron chi connectivity index (χ0n) is 18.5. The van der Waals surface area contributed by atoms with Crippen molar-refractivity contribution in [2.24, 2.45) is 0 Å². The Bertz CT molecular complexity index is 998. The molecule has 3 aromatic rings. The number of carbonyl (C=O) groups is 1. The number of oxazole rings is 1. The molecule has 3 rings (SSSR count). The van der Waals surface area contributed by atoms with E-state index in [-0.39, 0.29) is 5.97 Å². The Kier molecular flexibility index (Phi) is 7.80. The first-order valence-corrected chi connectivity index (χ1v) is 11.4. The number of hydrogen-bond acceptors (Lipinski definition) is 6. The van der Waals surface area contributed by atoms with E-state index in [2.05, 4.69) is 4.98 Å². The molecular weight excluding hydrogens is 410 g/mol. The third-order valence-corrected chi connectivity index (χ3v) is 6.15. The van der Waals surface area contributed by atoms with E-state index >= 15 is 0 Å². The molecule has 0 aliphatic rings. The summed E-state index contributed by atoms with van der Waals surface area (Å²) < 4.78 is 16.3. The molecule has 0 N–H and O–H groups in total. The maximum absolute atomic E-state index is 12.1. The number of aryl methyl sites for hydroxylation is 1. The summed E-state index contributed by atoms with van der Waals surface area (Å²) in [6.07, 6.45) is 0.664. The molecule has 0 fully saturated rings. The van der Waals surface area contributed by atoms with Gasteiger partial charge < -0.3 is 13.9 Å². The molecule has 31 heavy (non-hydrogen) atoms. The van der Waals surface area contributed by atoms with Crippen LogP contribution < -0.4 is 4.74 Å². The van der Waals surface area contributed by atoms with E-state index in [1.807, 2.05) is 82.3 Å². The fourth-order valence-corrected chi connectivity index (χ4v) is 3.87. The SMILES string of the molecule is CCOC(=O)C(C)(C)SCc1cccc(OCCc2nc(-c3ccccc3)oc2C)c1. The van der Waals surface area contributed by atoms with Crippen molar-refractivity contribution in [2.45, 2.75) is 44.6 Å². The Morgan fingerprint density at radius 3 is 2.65 bits per heavy atom. The smallest absolute Gasteiger partial charge is 0.321 e. The van der Waals surface area contributed by atoms with Crippen molar-refractivity contribution in [1.29, 1.82) is 0 Å². The summed E-state index contributed by atoms with van der Waals surface area (Å²) in [7, 11) is 0. The number of nitrogens with zero attached hydrogens (tertiary/aromatic N) is 1. The van der Waals surface area contributed by atoms with Crippen LogP contribution in [0.5, 0.6) is 5.75 Å². The lowest BCUT2D eigenvalue weighted by Crippen LogP contribution is -2.30. The van der Waals surface area contributed by atoms with E-state index in [1.165, 1.54) is 0 Å². The number of carbonyl (C=O) groups excluding carboxylic acids is 1. The molecule has 0 bridgehead atoms. The van der Waals surface area contributed by atoms with Gasteiger partial charge in [0.2, 0.25) is 5.89 Å². The Balaban J connectivity index is 1.54. The molecule has 1 heterocycles. The highest BCUT2D eigenvalue weighted by atomic mass is 32.2. The normalized spacial score (nSPS) is 11.4. The predicted octanol–water partition coefficient (Wildman–Crippen LogP) is 5.85. The Hall–Kier alpha value is -2.73. The van der Waals surface area contributed by atoms with Crippen LogP contribution in [-0.4, -0.2) is 28.9 Å². The minimum Gasteiger partial charge on any atom is -0.493 e. The number of aromatic nitrogens is 1. The van der Waals surface area contributed by atoms with Crippen LogP contribution in [0, 0.1) is 6.92 Å². The summed E-state index contributed by atoms with van der Waals surface area (Å²) >= 11 is 1.56. The van der Waals surface area contributed by atoms with Crippen LogP contribution in [0.25, 0.3) is 11.5 Å². The van der Waals surface area contributed by atoms with Gasteiger partial charge in [-0.1, -0.05) is 30.3 Å². The summed E-state index contributed by atoms with van der Waals surface area (Å²) in [6.45, 7) is 8.43. The first-order chi connectivity index (χ1) is 14.9. The lowest BCUT2D eigenvalue weighted by Gasteiger charge is -2.21. The zero-order valence-corrected chi connectivity index (χ0v) is 19.3. The number of esters is 1. The molecular formula is C25H29NO4S. The van der Waals surface area contributed by atoms with Crippen molar-refractivity contribution < 1.29 is 18.7 Å². The summed E-state index contributed by atoms with van der Waals surface area (Å²) in [6, 6.07) is 17.8. The lowest BCUT2D eigenvalue weighted by atomic mass is 10.2.